The van der Waals surface area contributed by atoms with Crippen LogP contribution in [0.25, 0.3) is 16.9 Å². The van der Waals surface area contributed by atoms with Crippen LogP contribution in [0.3, 0.4) is 0 Å². The van der Waals surface area contributed by atoms with Gasteiger partial charge < -0.3 is 5.32 Å². The molecule has 0 radical (unpaired) electrons. The number of thioether (sulfide) groups is 1. The van der Waals surface area contributed by atoms with Gasteiger partial charge in [-0.3, -0.25) is 14.5 Å². The number of amides is 2. The van der Waals surface area contributed by atoms with Gasteiger partial charge in [0, 0.05) is 17.2 Å². The zero-order valence-corrected chi connectivity index (χ0v) is 23.2. The summed E-state index contributed by atoms with van der Waals surface area (Å²) in [5.74, 6) is -0.220. The lowest BCUT2D eigenvalue weighted by molar-refractivity contribution is -0.123. The van der Waals surface area contributed by atoms with Crippen molar-refractivity contribution >= 4 is 41.0 Å². The lowest BCUT2D eigenvalue weighted by Gasteiger charge is -2.24. The molecule has 2 amide bonds. The Balaban J connectivity index is 1.78. The summed E-state index contributed by atoms with van der Waals surface area (Å²) >= 11 is 8.09. The van der Waals surface area contributed by atoms with E-state index in [0.29, 0.717) is 22.2 Å². The second-order valence-corrected chi connectivity index (χ2v) is 10.9. The van der Waals surface area contributed by atoms with Gasteiger partial charge in [0.05, 0.1) is 27.4 Å². The Hall–Kier alpha value is -3.62. The highest BCUT2D eigenvalue weighted by Gasteiger charge is 2.38. The number of aromatic nitrogens is 2. The molecule has 39 heavy (non-hydrogen) atoms. The highest BCUT2D eigenvalue weighted by atomic mass is 35.5. The van der Waals surface area contributed by atoms with Gasteiger partial charge in [-0.15, -0.1) is 11.8 Å². The van der Waals surface area contributed by atoms with Gasteiger partial charge in [0.25, 0.3) is 0 Å². The summed E-state index contributed by atoms with van der Waals surface area (Å²) in [5.41, 5.74) is 3.69. The van der Waals surface area contributed by atoms with E-state index >= 15 is 0 Å². The molecule has 1 aromatic heterocycles. The fourth-order valence-corrected chi connectivity index (χ4v) is 6.00. The van der Waals surface area contributed by atoms with Crippen molar-refractivity contribution in [3.63, 3.8) is 0 Å². The molecule has 0 bridgehead atoms. The number of carbonyl (C=O) groups excluding carboxylic acids is 2. The Morgan fingerprint density at radius 2 is 1.79 bits per heavy atom. The molecular formula is C30H28ClFN4O2S. The van der Waals surface area contributed by atoms with E-state index < -0.39 is 0 Å². The van der Waals surface area contributed by atoms with E-state index in [2.05, 4.69) is 5.32 Å². The maximum absolute atomic E-state index is 13.9. The predicted octanol–water partition coefficient (Wildman–Crippen LogP) is 6.42. The van der Waals surface area contributed by atoms with Crippen LogP contribution in [0, 0.1) is 5.82 Å². The molecule has 9 heteroatoms. The van der Waals surface area contributed by atoms with Crippen LogP contribution in [-0.4, -0.2) is 39.9 Å². The van der Waals surface area contributed by atoms with E-state index in [1.54, 1.807) is 22.9 Å². The zero-order valence-electron chi connectivity index (χ0n) is 21.6. The Morgan fingerprint density at radius 1 is 1.10 bits per heavy atom. The van der Waals surface area contributed by atoms with E-state index in [0.717, 1.165) is 23.1 Å². The van der Waals surface area contributed by atoms with E-state index in [-0.39, 0.29) is 41.2 Å². The number of nitrogens with zero attached hydrogens (tertiary/aromatic N) is 3. The maximum atomic E-state index is 13.9. The Bertz CT molecular complexity index is 1490. The monoisotopic (exact) mass is 562 g/mol. The summed E-state index contributed by atoms with van der Waals surface area (Å²) in [6.45, 7) is 3.75. The molecule has 1 N–H and O–H groups in total. The minimum atomic E-state index is -0.348. The first-order chi connectivity index (χ1) is 18.9. The summed E-state index contributed by atoms with van der Waals surface area (Å²) < 4.78 is 15.6. The average molecular weight is 563 g/mol. The summed E-state index contributed by atoms with van der Waals surface area (Å²) in [5, 5.41) is 8.09. The Labute approximate surface area is 236 Å². The molecule has 0 fully saturated rings. The van der Waals surface area contributed by atoms with Crippen LogP contribution >= 0.6 is 23.4 Å². The number of hydrogen-bond donors (Lipinski definition) is 1. The van der Waals surface area contributed by atoms with Gasteiger partial charge in [-0.25, -0.2) is 9.07 Å². The van der Waals surface area contributed by atoms with Crippen molar-refractivity contribution in [1.82, 2.24) is 15.1 Å². The standard InChI is InChI=1S/C30H28ClFN4O2S/c1-3-19(2)33-25(37)17-35-26(38)18-39-29(21-13-15-22(32)16-14-21)27-28(20-9-5-4-6-10-20)34-36(30(27)35)24-12-8-7-11-23(24)31/h4-16,19,29H,3,17-18H2,1-2H3,(H,33,37)/t19-,29-/m1/s1. The lowest BCUT2D eigenvalue weighted by atomic mass is 9.99. The molecule has 0 saturated carbocycles. The fourth-order valence-electron chi connectivity index (χ4n) is 4.59. The van der Waals surface area contributed by atoms with Crippen molar-refractivity contribution in [2.24, 2.45) is 0 Å². The van der Waals surface area contributed by atoms with Gasteiger partial charge in [0.15, 0.2) is 0 Å². The number of halogens is 2. The second-order valence-electron chi connectivity index (χ2n) is 9.41. The molecule has 1 aliphatic heterocycles. The molecule has 5 rings (SSSR count). The van der Waals surface area contributed by atoms with Crippen molar-refractivity contribution in [2.75, 3.05) is 17.2 Å². The van der Waals surface area contributed by atoms with Crippen LogP contribution < -0.4 is 10.2 Å². The summed E-state index contributed by atoms with van der Waals surface area (Å²) in [6, 6.07) is 23.2. The minimum absolute atomic E-state index is 0.0336. The summed E-state index contributed by atoms with van der Waals surface area (Å²) in [6.07, 6.45) is 0.767. The van der Waals surface area contributed by atoms with E-state index in [1.807, 2.05) is 62.4 Å². The number of nitrogens with one attached hydrogen (secondary N) is 1. The Kier molecular flexibility index (Phi) is 8.04. The largest absolute Gasteiger partial charge is 0.352 e. The van der Waals surface area contributed by atoms with Crippen LogP contribution in [0.15, 0.2) is 78.9 Å². The first-order valence-corrected chi connectivity index (χ1v) is 14.2. The number of rotatable bonds is 7. The van der Waals surface area contributed by atoms with Crippen molar-refractivity contribution in [1.29, 1.82) is 0 Å². The van der Waals surface area contributed by atoms with Gasteiger partial charge in [-0.1, -0.05) is 73.1 Å². The van der Waals surface area contributed by atoms with Crippen molar-refractivity contribution < 1.29 is 14.0 Å². The molecule has 1 aliphatic rings. The van der Waals surface area contributed by atoms with Gasteiger partial charge >= 0.3 is 0 Å². The quantitative estimate of drug-likeness (QED) is 0.282. The van der Waals surface area contributed by atoms with Crippen molar-refractivity contribution in [2.45, 2.75) is 31.6 Å². The molecule has 3 aromatic carbocycles. The number of benzene rings is 3. The molecule has 2 atom stereocenters. The molecule has 0 unspecified atom stereocenters. The van der Waals surface area contributed by atoms with Crippen LogP contribution in [0.4, 0.5) is 10.2 Å². The van der Waals surface area contributed by atoms with E-state index in [9.17, 15) is 14.0 Å². The number of anilines is 1. The SMILES string of the molecule is CC[C@@H](C)NC(=O)CN1C(=O)CS[C@H](c2ccc(F)cc2)c2c(-c3ccccc3)nn(-c3ccccc3Cl)c21. The van der Waals surface area contributed by atoms with E-state index in [4.69, 9.17) is 16.7 Å². The van der Waals surface area contributed by atoms with Gasteiger partial charge in [-0.05, 0) is 43.2 Å². The zero-order chi connectivity index (χ0) is 27.5. The highest BCUT2D eigenvalue weighted by Crippen LogP contribution is 2.48. The minimum Gasteiger partial charge on any atom is -0.352 e. The number of hydrogen-bond acceptors (Lipinski definition) is 4. The first-order valence-electron chi connectivity index (χ1n) is 12.8. The molecule has 4 aromatic rings. The molecule has 0 spiro atoms. The summed E-state index contributed by atoms with van der Waals surface area (Å²) in [7, 11) is 0. The van der Waals surface area contributed by atoms with Crippen molar-refractivity contribution in [3.05, 3.63) is 101 Å². The number of para-hydroxylation sites is 1. The van der Waals surface area contributed by atoms with Crippen LogP contribution in [0.5, 0.6) is 0 Å². The molecule has 2 heterocycles. The normalized spacial score (nSPS) is 15.9. The Morgan fingerprint density at radius 3 is 2.49 bits per heavy atom. The third-order valence-electron chi connectivity index (χ3n) is 6.71. The van der Waals surface area contributed by atoms with Crippen LogP contribution in [-0.2, 0) is 9.59 Å². The van der Waals surface area contributed by atoms with Crippen LogP contribution in [0.2, 0.25) is 5.02 Å². The fraction of sp³-hybridized carbons (Fsp3) is 0.233. The predicted molar refractivity (Wildman–Crippen MR) is 155 cm³/mol. The molecular weight excluding hydrogens is 535 g/mol. The smallest absolute Gasteiger partial charge is 0.240 e. The topological polar surface area (TPSA) is 67.2 Å². The third kappa shape index (κ3) is 5.58. The van der Waals surface area contributed by atoms with Gasteiger partial charge in [0.1, 0.15) is 18.2 Å². The molecule has 0 aliphatic carbocycles. The average Bonchev–Trinajstić information content (AvgIpc) is 3.26. The second kappa shape index (κ2) is 11.6. The van der Waals surface area contributed by atoms with E-state index in [1.165, 1.54) is 28.8 Å². The molecule has 6 nitrogen and oxygen atoms in total. The van der Waals surface area contributed by atoms with Gasteiger partial charge in [-0.2, -0.15) is 5.10 Å². The maximum Gasteiger partial charge on any atom is 0.240 e. The lowest BCUT2D eigenvalue weighted by Crippen LogP contribution is -2.44. The number of fused-ring (bicyclic) bond motifs is 1. The van der Waals surface area contributed by atoms with Gasteiger partial charge in [0.2, 0.25) is 11.8 Å². The number of carbonyl (C=O) groups is 2. The van der Waals surface area contributed by atoms with Crippen LogP contribution in [0.1, 0.15) is 36.6 Å². The highest BCUT2D eigenvalue weighted by molar-refractivity contribution is 8.00. The summed E-state index contributed by atoms with van der Waals surface area (Å²) in [4.78, 5) is 28.3. The molecule has 200 valence electrons. The van der Waals surface area contributed by atoms with Crippen molar-refractivity contribution in [3.8, 4) is 16.9 Å². The third-order valence-corrected chi connectivity index (χ3v) is 8.29. The first kappa shape index (κ1) is 27.0. The molecule has 0 saturated heterocycles.